The summed E-state index contributed by atoms with van der Waals surface area (Å²) in [6.45, 7) is 3.88. The summed E-state index contributed by atoms with van der Waals surface area (Å²) in [6, 6.07) is 12.6. The van der Waals surface area contributed by atoms with E-state index < -0.39 is 5.97 Å². The maximum absolute atomic E-state index is 12.8. The van der Waals surface area contributed by atoms with Crippen LogP contribution in [0, 0.1) is 6.92 Å². The zero-order valence-corrected chi connectivity index (χ0v) is 20.0. The van der Waals surface area contributed by atoms with Crippen LogP contribution in [-0.4, -0.2) is 39.0 Å². The molecule has 0 radical (unpaired) electrons. The lowest BCUT2D eigenvalue weighted by molar-refractivity contribution is -0.118. The molecule has 4 rings (SSSR count). The molecule has 1 aliphatic rings. The third-order valence-corrected chi connectivity index (χ3v) is 6.25. The van der Waals surface area contributed by atoms with Crippen molar-refractivity contribution in [3.8, 4) is 23.0 Å². The summed E-state index contributed by atoms with van der Waals surface area (Å²) in [6.07, 6.45) is 0.478. The van der Waals surface area contributed by atoms with Crippen LogP contribution in [0.15, 0.2) is 42.5 Å². The number of nitrogens with one attached hydrogen (secondary N) is 1. The zero-order valence-electron chi connectivity index (χ0n) is 19.1. The molecule has 1 aromatic heterocycles. The molecule has 0 spiro atoms. The Morgan fingerprint density at radius 3 is 2.53 bits per heavy atom. The Morgan fingerprint density at radius 1 is 1.06 bits per heavy atom. The first kappa shape index (κ1) is 23.4. The van der Waals surface area contributed by atoms with Crippen LogP contribution < -0.4 is 24.3 Å². The van der Waals surface area contributed by atoms with E-state index in [0.29, 0.717) is 40.0 Å². The van der Waals surface area contributed by atoms with Gasteiger partial charge in [0, 0.05) is 4.88 Å². The summed E-state index contributed by atoms with van der Waals surface area (Å²) in [5, 5.41) is 3.26. The number of anilines is 1. The van der Waals surface area contributed by atoms with Gasteiger partial charge in [0.2, 0.25) is 6.79 Å². The van der Waals surface area contributed by atoms with Gasteiger partial charge in [0.15, 0.2) is 18.1 Å². The minimum atomic E-state index is -0.478. The molecule has 1 amide bonds. The minimum Gasteiger partial charge on any atom is -0.497 e. The average molecular weight is 484 g/mol. The average Bonchev–Trinajstić information content (AvgIpc) is 3.42. The first-order chi connectivity index (χ1) is 16.5. The van der Waals surface area contributed by atoms with Gasteiger partial charge in [-0.25, -0.2) is 4.79 Å². The fourth-order valence-electron chi connectivity index (χ4n) is 3.54. The molecule has 0 atom stereocenters. The van der Waals surface area contributed by atoms with Crippen molar-refractivity contribution in [1.82, 2.24) is 0 Å². The van der Waals surface area contributed by atoms with Gasteiger partial charge < -0.3 is 29.0 Å². The maximum atomic E-state index is 12.8. The molecular weight excluding hydrogens is 458 g/mol. The number of ether oxygens (including phenoxy) is 5. The fraction of sp³-hybridized carbons (Fsp3) is 0.280. The Labute approximate surface area is 201 Å². The Kier molecular flexibility index (Phi) is 7.22. The van der Waals surface area contributed by atoms with Gasteiger partial charge in [-0.1, -0.05) is 6.07 Å². The topological polar surface area (TPSA) is 92.3 Å². The molecule has 0 saturated heterocycles. The van der Waals surface area contributed by atoms with Crippen LogP contribution >= 0.6 is 11.3 Å². The van der Waals surface area contributed by atoms with Gasteiger partial charge in [-0.2, -0.15) is 0 Å². The second kappa shape index (κ2) is 10.5. The van der Waals surface area contributed by atoms with Crippen LogP contribution in [0.2, 0.25) is 0 Å². The van der Waals surface area contributed by atoms with Crippen LogP contribution in [0.5, 0.6) is 23.0 Å². The Bertz CT molecular complexity index is 1190. The van der Waals surface area contributed by atoms with Crippen molar-refractivity contribution in [1.29, 1.82) is 0 Å². The first-order valence-corrected chi connectivity index (χ1v) is 11.5. The maximum Gasteiger partial charge on any atom is 0.341 e. The highest BCUT2D eigenvalue weighted by Crippen LogP contribution is 2.37. The smallest absolute Gasteiger partial charge is 0.341 e. The van der Waals surface area contributed by atoms with E-state index >= 15 is 0 Å². The van der Waals surface area contributed by atoms with E-state index in [0.717, 1.165) is 16.0 Å². The van der Waals surface area contributed by atoms with Crippen LogP contribution in [0.3, 0.4) is 0 Å². The molecule has 2 aromatic carbocycles. The molecule has 1 aliphatic heterocycles. The van der Waals surface area contributed by atoms with Crippen LogP contribution in [0.1, 0.15) is 33.3 Å². The van der Waals surface area contributed by atoms with E-state index in [-0.39, 0.29) is 25.9 Å². The number of esters is 1. The van der Waals surface area contributed by atoms with Gasteiger partial charge in [0.1, 0.15) is 16.5 Å². The lowest BCUT2D eigenvalue weighted by atomic mass is 10.0. The van der Waals surface area contributed by atoms with Crippen molar-refractivity contribution in [2.75, 3.05) is 32.4 Å². The highest BCUT2D eigenvalue weighted by atomic mass is 32.1. The predicted octanol–water partition coefficient (Wildman–Crippen LogP) is 4.58. The Balaban J connectivity index is 1.52. The zero-order chi connectivity index (χ0) is 24.1. The van der Waals surface area contributed by atoms with Gasteiger partial charge >= 0.3 is 5.97 Å². The van der Waals surface area contributed by atoms with Crippen molar-refractivity contribution >= 4 is 28.2 Å². The third kappa shape index (κ3) is 5.26. The molecule has 9 heteroatoms. The summed E-state index contributed by atoms with van der Waals surface area (Å²) >= 11 is 1.33. The van der Waals surface area contributed by atoms with Crippen molar-refractivity contribution in [3.05, 3.63) is 64.0 Å². The van der Waals surface area contributed by atoms with Crippen molar-refractivity contribution in [2.45, 2.75) is 20.3 Å². The van der Waals surface area contributed by atoms with E-state index in [1.807, 2.05) is 25.1 Å². The molecule has 3 aromatic rings. The lowest BCUT2D eigenvalue weighted by Crippen LogP contribution is -2.21. The second-order valence-corrected chi connectivity index (χ2v) is 8.66. The van der Waals surface area contributed by atoms with Crippen LogP contribution in [0.25, 0.3) is 0 Å². The van der Waals surface area contributed by atoms with Gasteiger partial charge in [-0.15, -0.1) is 11.3 Å². The van der Waals surface area contributed by atoms with Gasteiger partial charge in [0.05, 0.1) is 19.3 Å². The number of hydrogen-bond donors (Lipinski definition) is 1. The van der Waals surface area contributed by atoms with E-state index in [1.165, 1.54) is 11.3 Å². The number of aryl methyl sites for hydroxylation is 1. The van der Waals surface area contributed by atoms with Gasteiger partial charge in [-0.3, -0.25) is 4.79 Å². The SMILES string of the molecule is CCOC(=O)c1c(NC(=O)COc2ccc(OC)cc2)sc(C)c1Cc1ccc2c(c1)OCO2. The summed E-state index contributed by atoms with van der Waals surface area (Å²) in [4.78, 5) is 26.4. The number of amides is 1. The lowest BCUT2D eigenvalue weighted by Gasteiger charge is -2.10. The largest absolute Gasteiger partial charge is 0.497 e. The first-order valence-electron chi connectivity index (χ1n) is 10.7. The number of fused-ring (bicyclic) bond motifs is 1. The van der Waals surface area contributed by atoms with E-state index in [4.69, 9.17) is 23.7 Å². The Morgan fingerprint density at radius 2 is 1.79 bits per heavy atom. The number of carbonyl (C=O) groups is 2. The fourth-order valence-corrected chi connectivity index (χ4v) is 4.61. The summed E-state index contributed by atoms with van der Waals surface area (Å²) < 4.78 is 26.8. The summed E-state index contributed by atoms with van der Waals surface area (Å²) in [5.41, 5.74) is 2.12. The molecule has 0 unspecified atom stereocenters. The van der Waals surface area contributed by atoms with Gasteiger partial charge in [0.25, 0.3) is 5.91 Å². The standard InChI is InChI=1S/C25H25NO7S/c1-4-30-25(28)23-19(11-16-5-10-20-21(12-16)33-14-32-20)15(2)34-24(23)26-22(27)13-31-18-8-6-17(29-3)7-9-18/h5-10,12H,4,11,13-14H2,1-3H3,(H,26,27). The van der Waals surface area contributed by atoms with Crippen molar-refractivity contribution in [2.24, 2.45) is 0 Å². The van der Waals surface area contributed by atoms with E-state index in [1.54, 1.807) is 38.3 Å². The monoisotopic (exact) mass is 483 g/mol. The normalized spacial score (nSPS) is 11.7. The van der Waals surface area contributed by atoms with Crippen LogP contribution in [0.4, 0.5) is 5.00 Å². The van der Waals surface area contributed by atoms with Gasteiger partial charge in [-0.05, 0) is 67.8 Å². The molecule has 178 valence electrons. The Hall–Kier alpha value is -3.72. The predicted molar refractivity (Wildman–Crippen MR) is 128 cm³/mol. The number of hydrogen-bond acceptors (Lipinski definition) is 8. The van der Waals surface area contributed by atoms with E-state index in [9.17, 15) is 9.59 Å². The molecule has 34 heavy (non-hydrogen) atoms. The third-order valence-electron chi connectivity index (χ3n) is 5.19. The molecular formula is C25H25NO7S. The van der Waals surface area contributed by atoms with Crippen LogP contribution in [-0.2, 0) is 16.0 Å². The second-order valence-electron chi connectivity index (χ2n) is 7.44. The summed E-state index contributed by atoms with van der Waals surface area (Å²) in [5.74, 6) is 1.74. The molecule has 0 aliphatic carbocycles. The molecule has 2 heterocycles. The van der Waals surface area contributed by atoms with Crippen molar-refractivity contribution in [3.63, 3.8) is 0 Å². The number of benzene rings is 2. The number of carbonyl (C=O) groups excluding carboxylic acids is 2. The number of thiophene rings is 1. The molecule has 0 saturated carbocycles. The highest BCUT2D eigenvalue weighted by molar-refractivity contribution is 7.16. The molecule has 0 bridgehead atoms. The van der Waals surface area contributed by atoms with Crippen molar-refractivity contribution < 1.29 is 33.3 Å². The molecule has 0 fully saturated rings. The summed E-state index contributed by atoms with van der Waals surface area (Å²) in [7, 11) is 1.58. The highest BCUT2D eigenvalue weighted by Gasteiger charge is 2.25. The minimum absolute atomic E-state index is 0.194. The molecule has 8 nitrogen and oxygen atoms in total. The number of rotatable bonds is 9. The van der Waals surface area contributed by atoms with E-state index in [2.05, 4.69) is 5.32 Å². The number of methoxy groups -OCH3 is 1. The quantitative estimate of drug-likeness (QED) is 0.446. The molecule has 1 N–H and O–H groups in total.